The summed E-state index contributed by atoms with van der Waals surface area (Å²) in [5, 5.41) is 10.6. The molecule has 0 radical (unpaired) electrons. The first kappa shape index (κ1) is 92.1. The van der Waals surface area contributed by atoms with E-state index < -0.39 is 97.5 Å². The monoisotopic (exact) mass is 1380 g/mol. The summed E-state index contributed by atoms with van der Waals surface area (Å²) in [5.41, 5.74) is 0. The molecule has 558 valence electrons. The fourth-order valence-corrected chi connectivity index (χ4v) is 13.0. The number of carbonyl (C=O) groups excluding carboxylic acids is 4. The lowest BCUT2D eigenvalue weighted by Gasteiger charge is -2.21. The molecule has 2 unspecified atom stereocenters. The molecule has 0 heterocycles. The Morgan fingerprint density at radius 2 is 0.489 bits per heavy atom. The van der Waals surface area contributed by atoms with Crippen LogP contribution in [0.4, 0.5) is 0 Å². The average molecular weight is 1380 g/mol. The number of unbranched alkanes of at least 4 members (excludes halogenated alkanes) is 41. The number of esters is 4. The van der Waals surface area contributed by atoms with Crippen molar-refractivity contribution in [3.63, 3.8) is 0 Å². The molecule has 0 amide bonds. The second kappa shape index (κ2) is 65.7. The van der Waals surface area contributed by atoms with Crippen LogP contribution in [0.1, 0.15) is 382 Å². The molecule has 3 N–H and O–H groups in total. The zero-order chi connectivity index (χ0) is 69.4. The first-order chi connectivity index (χ1) is 45.2. The number of carbonyl (C=O) groups is 4. The molecule has 19 heteroatoms. The fraction of sp³-hybridized carbons (Fsp3) is 0.947. The highest BCUT2D eigenvalue weighted by molar-refractivity contribution is 7.47. The number of aliphatic hydroxyl groups is 1. The van der Waals surface area contributed by atoms with Crippen LogP contribution in [0, 0.1) is 17.8 Å². The van der Waals surface area contributed by atoms with Crippen LogP contribution in [-0.2, 0) is 65.4 Å². The molecule has 5 atom stereocenters. The van der Waals surface area contributed by atoms with E-state index in [2.05, 4.69) is 48.5 Å². The van der Waals surface area contributed by atoms with Crippen LogP contribution in [0.3, 0.4) is 0 Å². The predicted molar refractivity (Wildman–Crippen MR) is 381 cm³/mol. The normalized spacial score (nSPS) is 14.1. The number of phosphoric ester groups is 2. The number of ether oxygens (including phenoxy) is 4. The standard InChI is InChI=1S/C75H146O17P2/c1-8-9-10-11-32-42-49-56-72(77)85-62-70(91-75(80)59-52-45-38-31-25-19-22-28-35-41-48-55-68(6)7)64-89-93(81,82)87-60-69(76)61-88-94(83,84)90-65-71(63-86-73(78)57-50-43-36-29-24-18-21-27-34-40-47-54-67(4)5)92-74(79)58-51-44-37-30-23-17-15-13-12-14-16-20-26-33-39-46-53-66(2)3/h66-71,76H,8-65H2,1-7H3,(H,81,82)(H,83,84)/t69-,70+,71+/m0/s1. The van der Waals surface area contributed by atoms with E-state index >= 15 is 0 Å². The molecule has 0 aromatic heterocycles. The number of hydrogen-bond acceptors (Lipinski definition) is 15. The minimum atomic E-state index is -4.96. The van der Waals surface area contributed by atoms with Crippen LogP contribution in [0.2, 0.25) is 0 Å². The number of aliphatic hydroxyl groups excluding tert-OH is 1. The first-order valence-electron chi connectivity index (χ1n) is 38.8. The van der Waals surface area contributed by atoms with Gasteiger partial charge in [0.2, 0.25) is 0 Å². The van der Waals surface area contributed by atoms with Gasteiger partial charge in [0.05, 0.1) is 26.4 Å². The van der Waals surface area contributed by atoms with Crippen LogP contribution in [-0.4, -0.2) is 96.7 Å². The van der Waals surface area contributed by atoms with Gasteiger partial charge in [0, 0.05) is 25.7 Å². The van der Waals surface area contributed by atoms with E-state index in [9.17, 15) is 43.2 Å². The molecule has 0 saturated heterocycles. The van der Waals surface area contributed by atoms with Crippen molar-refractivity contribution >= 4 is 39.5 Å². The molecule has 0 aliphatic heterocycles. The molecule has 0 fully saturated rings. The van der Waals surface area contributed by atoms with Crippen LogP contribution in [0.15, 0.2) is 0 Å². The molecule has 0 aromatic rings. The summed E-state index contributed by atoms with van der Waals surface area (Å²) in [5.74, 6) is 0.223. The summed E-state index contributed by atoms with van der Waals surface area (Å²) < 4.78 is 68.4. The van der Waals surface area contributed by atoms with E-state index in [1.807, 2.05) is 0 Å². The number of rotatable bonds is 73. The van der Waals surface area contributed by atoms with Crippen molar-refractivity contribution in [3.8, 4) is 0 Å². The van der Waals surface area contributed by atoms with E-state index in [-0.39, 0.29) is 25.7 Å². The molecule has 0 aromatic carbocycles. The van der Waals surface area contributed by atoms with Gasteiger partial charge in [-0.05, 0) is 43.4 Å². The highest BCUT2D eigenvalue weighted by atomic mass is 31.2. The third-order valence-electron chi connectivity index (χ3n) is 17.4. The number of hydrogen-bond donors (Lipinski definition) is 3. The van der Waals surface area contributed by atoms with Gasteiger partial charge in [-0.2, -0.15) is 0 Å². The van der Waals surface area contributed by atoms with Gasteiger partial charge < -0.3 is 33.8 Å². The van der Waals surface area contributed by atoms with Gasteiger partial charge in [-0.1, -0.05) is 331 Å². The van der Waals surface area contributed by atoms with Crippen molar-refractivity contribution in [2.24, 2.45) is 17.8 Å². The maximum Gasteiger partial charge on any atom is 0.472 e. The third kappa shape index (κ3) is 68.6. The van der Waals surface area contributed by atoms with E-state index in [0.717, 1.165) is 120 Å². The molecule has 0 aliphatic carbocycles. The van der Waals surface area contributed by atoms with Gasteiger partial charge in [0.1, 0.15) is 19.3 Å². The van der Waals surface area contributed by atoms with Crippen molar-refractivity contribution in [2.45, 2.75) is 401 Å². The SMILES string of the molecule is CCCCCCCCCC(=O)OC[C@H](COP(=O)(O)OC[C@H](O)COP(=O)(O)OC[C@@H](COC(=O)CCCCCCCCCCCCCC(C)C)OC(=O)CCCCCCCCCCCCCCCCCCC(C)C)OC(=O)CCCCCCCCCCCCCC(C)C. The lowest BCUT2D eigenvalue weighted by molar-refractivity contribution is -0.161. The van der Waals surface area contributed by atoms with Crippen LogP contribution < -0.4 is 0 Å². The van der Waals surface area contributed by atoms with Crippen LogP contribution in [0.25, 0.3) is 0 Å². The molecule has 17 nitrogen and oxygen atoms in total. The molecule has 0 saturated carbocycles. The van der Waals surface area contributed by atoms with Gasteiger partial charge in [-0.25, -0.2) is 9.13 Å². The zero-order valence-corrected chi connectivity index (χ0v) is 63.2. The van der Waals surface area contributed by atoms with E-state index in [1.165, 1.54) is 180 Å². The summed E-state index contributed by atoms with van der Waals surface area (Å²) in [4.78, 5) is 72.6. The second-order valence-corrected chi connectivity index (χ2v) is 31.4. The molecule has 0 rings (SSSR count). The fourth-order valence-electron chi connectivity index (χ4n) is 11.4. The van der Waals surface area contributed by atoms with Crippen molar-refractivity contribution in [1.82, 2.24) is 0 Å². The average Bonchev–Trinajstić information content (AvgIpc) is 1.18. The van der Waals surface area contributed by atoms with E-state index in [1.54, 1.807) is 0 Å². The van der Waals surface area contributed by atoms with Gasteiger partial charge in [-0.3, -0.25) is 37.3 Å². The molecule has 0 spiro atoms. The maximum atomic E-state index is 13.1. The van der Waals surface area contributed by atoms with Crippen molar-refractivity contribution < 1.29 is 80.2 Å². The van der Waals surface area contributed by atoms with Gasteiger partial charge in [0.25, 0.3) is 0 Å². The van der Waals surface area contributed by atoms with Gasteiger partial charge in [0.15, 0.2) is 12.2 Å². The summed E-state index contributed by atoms with van der Waals surface area (Å²) in [7, 11) is -9.91. The predicted octanol–water partition coefficient (Wildman–Crippen LogP) is 21.8. The Morgan fingerprint density at radius 3 is 0.723 bits per heavy atom. The van der Waals surface area contributed by atoms with Crippen molar-refractivity contribution in [2.75, 3.05) is 39.6 Å². The zero-order valence-electron chi connectivity index (χ0n) is 61.4. The van der Waals surface area contributed by atoms with Crippen molar-refractivity contribution in [1.29, 1.82) is 0 Å². The maximum absolute atomic E-state index is 13.1. The highest BCUT2D eigenvalue weighted by Crippen LogP contribution is 2.45. The van der Waals surface area contributed by atoms with Crippen LogP contribution in [0.5, 0.6) is 0 Å². The summed E-state index contributed by atoms with van der Waals surface area (Å²) >= 11 is 0. The molecular formula is C75H146O17P2. The smallest absolute Gasteiger partial charge is 0.462 e. The number of phosphoric acid groups is 2. The second-order valence-electron chi connectivity index (χ2n) is 28.5. The minimum Gasteiger partial charge on any atom is -0.462 e. The molecule has 0 aliphatic rings. The Hall–Kier alpha value is -1.94. The lowest BCUT2D eigenvalue weighted by atomic mass is 10.0. The first-order valence-corrected chi connectivity index (χ1v) is 41.8. The van der Waals surface area contributed by atoms with Crippen LogP contribution >= 0.6 is 15.6 Å². The summed E-state index contributed by atoms with van der Waals surface area (Å²) in [6.07, 6.45) is 51.5. The Balaban J connectivity index is 5.19. The summed E-state index contributed by atoms with van der Waals surface area (Å²) in [6, 6.07) is 0. The quantitative estimate of drug-likeness (QED) is 0.0222. The molecule has 0 bridgehead atoms. The Labute approximate surface area is 575 Å². The highest BCUT2D eigenvalue weighted by Gasteiger charge is 2.30. The minimum absolute atomic E-state index is 0.106. The van der Waals surface area contributed by atoms with E-state index in [0.29, 0.717) is 25.7 Å². The molecule has 94 heavy (non-hydrogen) atoms. The summed E-state index contributed by atoms with van der Waals surface area (Å²) in [6.45, 7) is 11.9. The van der Waals surface area contributed by atoms with Gasteiger partial charge >= 0.3 is 39.5 Å². The van der Waals surface area contributed by atoms with E-state index in [4.69, 9.17) is 37.0 Å². The largest absolute Gasteiger partial charge is 0.472 e. The lowest BCUT2D eigenvalue weighted by Crippen LogP contribution is -2.30. The molecular weight excluding hydrogens is 1230 g/mol. The Morgan fingerprint density at radius 1 is 0.287 bits per heavy atom. The Kier molecular flexibility index (Phi) is 64.3. The van der Waals surface area contributed by atoms with Crippen molar-refractivity contribution in [3.05, 3.63) is 0 Å². The topological polar surface area (TPSA) is 237 Å². The third-order valence-corrected chi connectivity index (χ3v) is 19.3. The van der Waals surface area contributed by atoms with Gasteiger partial charge in [-0.15, -0.1) is 0 Å². The Bertz CT molecular complexity index is 1840.